The lowest BCUT2D eigenvalue weighted by molar-refractivity contribution is 0.573. The van der Waals surface area contributed by atoms with Gasteiger partial charge in [0.25, 0.3) is 0 Å². The quantitative estimate of drug-likeness (QED) is 0.382. The van der Waals surface area contributed by atoms with Crippen LogP contribution < -0.4 is 10.6 Å². The Hall–Kier alpha value is -1.57. The molecule has 2 N–H and O–H groups in total. The Morgan fingerprint density at radius 1 is 1.24 bits per heavy atom. The molecule has 0 aliphatic heterocycles. The third kappa shape index (κ3) is 7.46. The minimum absolute atomic E-state index is 0. The lowest BCUT2D eigenvalue weighted by Gasteiger charge is -2.13. The van der Waals surface area contributed by atoms with Gasteiger partial charge < -0.3 is 15.2 Å². The molecule has 2 rings (SSSR count). The Labute approximate surface area is 168 Å². The minimum Gasteiger partial charge on any atom is -0.356 e. The van der Waals surface area contributed by atoms with Crippen molar-refractivity contribution in [2.24, 2.45) is 10.9 Å². The third-order valence-corrected chi connectivity index (χ3v) is 3.97. The first-order valence-electron chi connectivity index (χ1n) is 8.58. The van der Waals surface area contributed by atoms with Gasteiger partial charge in [-0.15, -0.1) is 24.0 Å². The number of benzene rings is 1. The number of aromatic nitrogens is 2. The summed E-state index contributed by atoms with van der Waals surface area (Å²) in [5.74, 6) is 2.58. The average molecular weight is 455 g/mol. The van der Waals surface area contributed by atoms with Crippen LogP contribution in [0.1, 0.15) is 37.2 Å². The molecule has 0 saturated carbocycles. The zero-order valence-electron chi connectivity index (χ0n) is 15.6. The lowest BCUT2D eigenvalue weighted by atomic mass is 10.1. The highest BCUT2D eigenvalue weighted by atomic mass is 127. The molecule has 25 heavy (non-hydrogen) atoms. The standard InChI is InChI=1S/C19H29N5.HI/c1-15(2)8-9-22-19(20-4)23-13-17-6-5-7-18(12-17)14-24-11-10-21-16(24)3;/h5-7,10-12,15H,8-9,13-14H2,1-4H3,(H2,20,22,23);1H. The Kier molecular flexibility index (Phi) is 9.55. The average Bonchev–Trinajstić information content (AvgIpc) is 2.96. The van der Waals surface area contributed by atoms with Gasteiger partial charge in [0, 0.05) is 39.1 Å². The normalized spacial score (nSPS) is 11.3. The smallest absolute Gasteiger partial charge is 0.191 e. The highest BCUT2D eigenvalue weighted by Gasteiger charge is 2.02. The summed E-state index contributed by atoms with van der Waals surface area (Å²) in [5.41, 5.74) is 2.52. The van der Waals surface area contributed by atoms with Crippen molar-refractivity contribution >= 4 is 29.9 Å². The van der Waals surface area contributed by atoms with E-state index < -0.39 is 0 Å². The molecule has 138 valence electrons. The Bertz CT molecular complexity index is 663. The van der Waals surface area contributed by atoms with Gasteiger partial charge >= 0.3 is 0 Å². The number of guanidine groups is 1. The van der Waals surface area contributed by atoms with Crippen molar-refractivity contribution in [2.45, 2.75) is 40.3 Å². The number of halogens is 1. The van der Waals surface area contributed by atoms with Gasteiger partial charge in [-0.2, -0.15) is 0 Å². The first kappa shape index (κ1) is 21.5. The molecule has 0 bridgehead atoms. The fourth-order valence-corrected chi connectivity index (χ4v) is 2.49. The van der Waals surface area contributed by atoms with E-state index in [1.165, 1.54) is 11.1 Å². The summed E-state index contributed by atoms with van der Waals surface area (Å²) in [6.45, 7) is 9.03. The molecule has 0 atom stereocenters. The van der Waals surface area contributed by atoms with E-state index in [0.717, 1.165) is 37.8 Å². The summed E-state index contributed by atoms with van der Waals surface area (Å²) in [7, 11) is 1.81. The molecule has 2 aromatic rings. The number of hydrogen-bond acceptors (Lipinski definition) is 2. The van der Waals surface area contributed by atoms with Crippen molar-refractivity contribution in [2.75, 3.05) is 13.6 Å². The van der Waals surface area contributed by atoms with Gasteiger partial charge in [0.05, 0.1) is 0 Å². The van der Waals surface area contributed by atoms with Crippen LogP contribution in [0, 0.1) is 12.8 Å². The number of hydrogen-bond donors (Lipinski definition) is 2. The summed E-state index contributed by atoms with van der Waals surface area (Å²) >= 11 is 0. The lowest BCUT2D eigenvalue weighted by Crippen LogP contribution is -2.37. The van der Waals surface area contributed by atoms with Crippen molar-refractivity contribution in [3.05, 3.63) is 53.6 Å². The Balaban J connectivity index is 0.00000312. The maximum Gasteiger partial charge on any atom is 0.191 e. The van der Waals surface area contributed by atoms with Crippen LogP contribution in [0.4, 0.5) is 0 Å². The molecule has 0 amide bonds. The summed E-state index contributed by atoms with van der Waals surface area (Å²) in [4.78, 5) is 8.55. The summed E-state index contributed by atoms with van der Waals surface area (Å²) < 4.78 is 2.15. The maximum atomic E-state index is 4.28. The van der Waals surface area contributed by atoms with Gasteiger partial charge in [-0.3, -0.25) is 4.99 Å². The van der Waals surface area contributed by atoms with Crippen LogP contribution in [-0.4, -0.2) is 29.1 Å². The van der Waals surface area contributed by atoms with E-state index in [1.54, 1.807) is 0 Å². The van der Waals surface area contributed by atoms with E-state index in [9.17, 15) is 0 Å². The van der Waals surface area contributed by atoms with E-state index in [-0.39, 0.29) is 24.0 Å². The first-order chi connectivity index (χ1) is 11.6. The van der Waals surface area contributed by atoms with Crippen molar-refractivity contribution in [1.29, 1.82) is 0 Å². The van der Waals surface area contributed by atoms with E-state index in [0.29, 0.717) is 5.92 Å². The van der Waals surface area contributed by atoms with Crippen LogP contribution in [0.2, 0.25) is 0 Å². The summed E-state index contributed by atoms with van der Waals surface area (Å²) in [6.07, 6.45) is 4.99. The van der Waals surface area contributed by atoms with E-state index in [1.807, 2.05) is 26.4 Å². The molecule has 0 unspecified atom stereocenters. The summed E-state index contributed by atoms with van der Waals surface area (Å²) in [5, 5.41) is 6.73. The molecule has 0 radical (unpaired) electrons. The van der Waals surface area contributed by atoms with Crippen molar-refractivity contribution in [3.8, 4) is 0 Å². The van der Waals surface area contributed by atoms with Crippen molar-refractivity contribution in [3.63, 3.8) is 0 Å². The second kappa shape index (κ2) is 11.1. The molecular weight excluding hydrogens is 425 g/mol. The second-order valence-electron chi connectivity index (χ2n) is 6.46. The fourth-order valence-electron chi connectivity index (χ4n) is 2.49. The van der Waals surface area contributed by atoms with Gasteiger partial charge in [0.1, 0.15) is 5.82 Å². The van der Waals surface area contributed by atoms with Crippen molar-refractivity contribution in [1.82, 2.24) is 20.2 Å². The van der Waals surface area contributed by atoms with Gasteiger partial charge in [-0.05, 0) is 30.4 Å². The largest absolute Gasteiger partial charge is 0.356 e. The molecule has 1 heterocycles. The van der Waals surface area contributed by atoms with Gasteiger partial charge in [0.2, 0.25) is 0 Å². The molecule has 5 nitrogen and oxygen atoms in total. The number of imidazole rings is 1. The number of aryl methyl sites for hydroxylation is 1. The maximum absolute atomic E-state index is 4.28. The predicted octanol–water partition coefficient (Wildman–Crippen LogP) is 3.57. The van der Waals surface area contributed by atoms with Crippen molar-refractivity contribution < 1.29 is 0 Å². The fraction of sp³-hybridized carbons (Fsp3) is 0.474. The van der Waals surface area contributed by atoms with Crippen LogP contribution >= 0.6 is 24.0 Å². The monoisotopic (exact) mass is 455 g/mol. The number of nitrogens with zero attached hydrogens (tertiary/aromatic N) is 3. The second-order valence-corrected chi connectivity index (χ2v) is 6.46. The SMILES string of the molecule is CN=C(NCCC(C)C)NCc1cccc(Cn2ccnc2C)c1.I. The first-order valence-corrected chi connectivity index (χ1v) is 8.58. The molecular formula is C19H30IN5. The molecule has 0 aliphatic carbocycles. The van der Waals surface area contributed by atoms with Gasteiger partial charge in [-0.1, -0.05) is 38.1 Å². The molecule has 6 heteroatoms. The van der Waals surface area contributed by atoms with Gasteiger partial charge in [0.15, 0.2) is 5.96 Å². The van der Waals surface area contributed by atoms with E-state index >= 15 is 0 Å². The number of aliphatic imine (C=N–C) groups is 1. The zero-order valence-corrected chi connectivity index (χ0v) is 18.0. The third-order valence-electron chi connectivity index (χ3n) is 3.97. The van der Waals surface area contributed by atoms with Gasteiger partial charge in [-0.25, -0.2) is 4.98 Å². The molecule has 0 spiro atoms. The topological polar surface area (TPSA) is 54.2 Å². The van der Waals surface area contributed by atoms with E-state index in [4.69, 9.17) is 0 Å². The molecule has 1 aromatic carbocycles. The minimum atomic E-state index is 0. The van der Waals surface area contributed by atoms with Crippen LogP contribution in [0.25, 0.3) is 0 Å². The molecule has 0 aliphatic rings. The van der Waals surface area contributed by atoms with E-state index in [2.05, 4.69) is 63.3 Å². The number of nitrogens with one attached hydrogen (secondary N) is 2. The van der Waals surface area contributed by atoms with Crippen LogP contribution in [0.5, 0.6) is 0 Å². The predicted molar refractivity (Wildman–Crippen MR) is 116 cm³/mol. The number of rotatable bonds is 7. The zero-order chi connectivity index (χ0) is 17.4. The molecule has 0 fully saturated rings. The Morgan fingerprint density at radius 2 is 2.00 bits per heavy atom. The molecule has 0 saturated heterocycles. The van der Waals surface area contributed by atoms with Crippen LogP contribution in [0.15, 0.2) is 41.7 Å². The Morgan fingerprint density at radius 3 is 2.64 bits per heavy atom. The van der Waals surface area contributed by atoms with Crippen LogP contribution in [-0.2, 0) is 13.1 Å². The van der Waals surface area contributed by atoms with Crippen LogP contribution in [0.3, 0.4) is 0 Å². The summed E-state index contributed by atoms with van der Waals surface area (Å²) in [6, 6.07) is 8.62. The molecule has 1 aromatic heterocycles. The highest BCUT2D eigenvalue weighted by molar-refractivity contribution is 14.0. The highest BCUT2D eigenvalue weighted by Crippen LogP contribution is 2.08.